The molecule has 7 heteroatoms. The fraction of sp³-hybridized carbons (Fsp3) is 0.833. The summed E-state index contributed by atoms with van der Waals surface area (Å²) in [4.78, 5) is 25.3. The van der Waals surface area contributed by atoms with Gasteiger partial charge in [0.15, 0.2) is 0 Å². The van der Waals surface area contributed by atoms with Gasteiger partial charge in [-0.25, -0.2) is 0 Å². The van der Waals surface area contributed by atoms with E-state index >= 15 is 0 Å². The smallest absolute Gasteiger partial charge is 0.242 e. The number of amides is 2. The molecule has 1 heterocycles. The molecule has 1 rings (SSSR count). The molecule has 2 amide bonds. The maximum Gasteiger partial charge on any atom is 0.242 e. The number of carbonyl (C=O) groups is 2. The van der Waals surface area contributed by atoms with E-state index < -0.39 is 6.04 Å². The maximum absolute atomic E-state index is 11.9. The van der Waals surface area contributed by atoms with Crippen molar-refractivity contribution < 1.29 is 14.3 Å². The Bertz CT molecular complexity index is 313. The topological polar surface area (TPSA) is 84.7 Å². The number of morpholine rings is 1. The number of halogens is 1. The van der Waals surface area contributed by atoms with Gasteiger partial charge in [-0.05, 0) is 12.8 Å². The summed E-state index contributed by atoms with van der Waals surface area (Å²) in [6, 6.07) is -0.512. The summed E-state index contributed by atoms with van der Waals surface area (Å²) in [5.74, 6) is -0.309. The monoisotopic (exact) mass is 293 g/mol. The molecule has 1 aliphatic rings. The van der Waals surface area contributed by atoms with Gasteiger partial charge in [0.1, 0.15) is 0 Å². The van der Waals surface area contributed by atoms with Crippen molar-refractivity contribution in [2.45, 2.75) is 32.9 Å². The van der Waals surface area contributed by atoms with Crippen molar-refractivity contribution in [1.29, 1.82) is 0 Å². The van der Waals surface area contributed by atoms with Gasteiger partial charge in [0.05, 0.1) is 31.8 Å². The first kappa shape index (κ1) is 18.1. The van der Waals surface area contributed by atoms with E-state index in [0.29, 0.717) is 19.8 Å². The summed E-state index contributed by atoms with van der Waals surface area (Å²) < 4.78 is 5.26. The third-order valence-electron chi connectivity index (χ3n) is 3.12. The molecule has 3 N–H and O–H groups in total. The minimum atomic E-state index is -0.570. The zero-order valence-corrected chi connectivity index (χ0v) is 12.5. The number of ether oxygens (including phenoxy) is 1. The van der Waals surface area contributed by atoms with Crippen LogP contribution in [-0.4, -0.2) is 55.1 Å². The lowest BCUT2D eigenvalue weighted by molar-refractivity contribution is -0.139. The normalized spacial score (nSPS) is 20.7. The number of hydrogen-bond donors (Lipinski definition) is 2. The Kier molecular flexibility index (Phi) is 7.97. The van der Waals surface area contributed by atoms with Crippen molar-refractivity contribution in [2.75, 3.05) is 26.3 Å². The molecule has 1 unspecified atom stereocenters. The van der Waals surface area contributed by atoms with Gasteiger partial charge in [-0.1, -0.05) is 13.8 Å². The number of nitrogens with one attached hydrogen (secondary N) is 1. The standard InChI is InChI=1S/C12H23N3O3.ClH/c1-8(2)11(13)12(17)14-6-10(16)15-4-5-18-7-9(15)3;/h8-9,11H,4-7,13H2,1-3H3,(H,14,17);1H/t9?,11-;/m0./s1. The van der Waals surface area contributed by atoms with Crippen LogP contribution in [0.4, 0.5) is 0 Å². The van der Waals surface area contributed by atoms with Crippen molar-refractivity contribution in [2.24, 2.45) is 11.7 Å². The van der Waals surface area contributed by atoms with Crippen molar-refractivity contribution in [3.63, 3.8) is 0 Å². The van der Waals surface area contributed by atoms with Crippen LogP contribution in [0.25, 0.3) is 0 Å². The Morgan fingerprint density at radius 1 is 1.47 bits per heavy atom. The molecule has 0 spiro atoms. The average molecular weight is 294 g/mol. The van der Waals surface area contributed by atoms with Crippen LogP contribution < -0.4 is 11.1 Å². The minimum Gasteiger partial charge on any atom is -0.377 e. The van der Waals surface area contributed by atoms with E-state index in [0.717, 1.165) is 0 Å². The van der Waals surface area contributed by atoms with Crippen molar-refractivity contribution in [3.8, 4) is 0 Å². The molecule has 6 nitrogen and oxygen atoms in total. The van der Waals surface area contributed by atoms with E-state index in [-0.39, 0.29) is 42.7 Å². The molecule has 0 aliphatic carbocycles. The van der Waals surface area contributed by atoms with E-state index in [9.17, 15) is 9.59 Å². The molecule has 2 atom stereocenters. The molecule has 1 aliphatic heterocycles. The van der Waals surface area contributed by atoms with Gasteiger partial charge >= 0.3 is 0 Å². The number of rotatable bonds is 4. The predicted molar refractivity (Wildman–Crippen MR) is 75.1 cm³/mol. The summed E-state index contributed by atoms with van der Waals surface area (Å²) in [6.45, 7) is 7.35. The van der Waals surface area contributed by atoms with Gasteiger partial charge in [-0.2, -0.15) is 0 Å². The van der Waals surface area contributed by atoms with Gasteiger partial charge in [0, 0.05) is 6.54 Å². The lowest BCUT2D eigenvalue weighted by Crippen LogP contribution is -2.52. The van der Waals surface area contributed by atoms with Crippen LogP contribution in [0.1, 0.15) is 20.8 Å². The molecule has 0 bridgehead atoms. The number of nitrogens with two attached hydrogens (primary N) is 1. The highest BCUT2D eigenvalue weighted by Gasteiger charge is 2.24. The number of nitrogens with zero attached hydrogens (tertiary/aromatic N) is 1. The first-order valence-corrected chi connectivity index (χ1v) is 6.34. The third-order valence-corrected chi connectivity index (χ3v) is 3.12. The minimum absolute atomic E-state index is 0. The van der Waals surface area contributed by atoms with Crippen molar-refractivity contribution in [1.82, 2.24) is 10.2 Å². The molecule has 0 aromatic rings. The van der Waals surface area contributed by atoms with E-state index in [1.54, 1.807) is 4.90 Å². The molecule has 112 valence electrons. The largest absolute Gasteiger partial charge is 0.377 e. The molecule has 1 saturated heterocycles. The van der Waals surface area contributed by atoms with Crippen LogP contribution >= 0.6 is 12.4 Å². The van der Waals surface area contributed by atoms with Gasteiger partial charge in [-0.15, -0.1) is 12.4 Å². The van der Waals surface area contributed by atoms with Gasteiger partial charge < -0.3 is 20.7 Å². The summed E-state index contributed by atoms with van der Waals surface area (Å²) in [5.41, 5.74) is 5.70. The van der Waals surface area contributed by atoms with Crippen LogP contribution in [-0.2, 0) is 14.3 Å². The molecule has 0 saturated carbocycles. The lowest BCUT2D eigenvalue weighted by Gasteiger charge is -2.33. The number of hydrogen-bond acceptors (Lipinski definition) is 4. The molecule has 0 aromatic heterocycles. The first-order valence-electron chi connectivity index (χ1n) is 6.34. The quantitative estimate of drug-likeness (QED) is 0.749. The second-order valence-electron chi connectivity index (χ2n) is 5.00. The van der Waals surface area contributed by atoms with E-state index in [2.05, 4.69) is 5.32 Å². The van der Waals surface area contributed by atoms with Crippen LogP contribution in [0.3, 0.4) is 0 Å². The second kappa shape index (κ2) is 8.35. The van der Waals surface area contributed by atoms with Crippen LogP contribution in [0.2, 0.25) is 0 Å². The molecule has 0 radical (unpaired) electrons. The fourth-order valence-electron chi connectivity index (χ4n) is 1.78. The Morgan fingerprint density at radius 3 is 2.63 bits per heavy atom. The SMILES string of the molecule is CC(C)[C@H](N)C(=O)NCC(=O)N1CCOCC1C.Cl. The van der Waals surface area contributed by atoms with E-state index in [4.69, 9.17) is 10.5 Å². The van der Waals surface area contributed by atoms with Crippen LogP contribution in [0.15, 0.2) is 0 Å². The highest BCUT2D eigenvalue weighted by atomic mass is 35.5. The molecule has 1 fully saturated rings. The lowest BCUT2D eigenvalue weighted by atomic mass is 10.1. The maximum atomic E-state index is 11.9. The average Bonchev–Trinajstić information content (AvgIpc) is 2.35. The molecular formula is C12H24ClN3O3. The van der Waals surface area contributed by atoms with Crippen LogP contribution in [0, 0.1) is 5.92 Å². The summed E-state index contributed by atoms with van der Waals surface area (Å²) >= 11 is 0. The van der Waals surface area contributed by atoms with Gasteiger partial charge in [-0.3, -0.25) is 9.59 Å². The third kappa shape index (κ3) is 5.34. The van der Waals surface area contributed by atoms with E-state index in [1.165, 1.54) is 0 Å². The van der Waals surface area contributed by atoms with Crippen LogP contribution in [0.5, 0.6) is 0 Å². The van der Waals surface area contributed by atoms with Gasteiger partial charge in [0.2, 0.25) is 11.8 Å². The first-order chi connectivity index (χ1) is 8.43. The number of carbonyl (C=O) groups excluding carboxylic acids is 2. The Balaban J connectivity index is 0.00000324. The summed E-state index contributed by atoms with van der Waals surface area (Å²) in [7, 11) is 0. The molecule has 19 heavy (non-hydrogen) atoms. The zero-order valence-electron chi connectivity index (χ0n) is 11.7. The summed E-state index contributed by atoms with van der Waals surface area (Å²) in [5, 5.41) is 2.59. The van der Waals surface area contributed by atoms with E-state index in [1.807, 2.05) is 20.8 Å². The van der Waals surface area contributed by atoms with Gasteiger partial charge in [0.25, 0.3) is 0 Å². The Morgan fingerprint density at radius 2 is 2.11 bits per heavy atom. The highest BCUT2D eigenvalue weighted by Crippen LogP contribution is 2.06. The predicted octanol–water partition coefficient (Wildman–Crippen LogP) is -0.245. The zero-order chi connectivity index (χ0) is 13.7. The molecular weight excluding hydrogens is 270 g/mol. The second-order valence-corrected chi connectivity index (χ2v) is 5.00. The van der Waals surface area contributed by atoms with Crippen molar-refractivity contribution in [3.05, 3.63) is 0 Å². The highest BCUT2D eigenvalue weighted by molar-refractivity contribution is 5.87. The molecule has 0 aromatic carbocycles. The van der Waals surface area contributed by atoms with Crippen molar-refractivity contribution >= 4 is 24.2 Å². The fourth-order valence-corrected chi connectivity index (χ4v) is 1.78. The Hall–Kier alpha value is -0.850. The Labute approximate surface area is 120 Å². The summed E-state index contributed by atoms with van der Waals surface area (Å²) in [6.07, 6.45) is 0.